The van der Waals surface area contributed by atoms with Crippen molar-refractivity contribution in [1.29, 1.82) is 0 Å². The Morgan fingerprint density at radius 3 is 2.22 bits per heavy atom. The van der Waals surface area contributed by atoms with E-state index in [0.717, 1.165) is 31.7 Å². The van der Waals surface area contributed by atoms with Gasteiger partial charge in [-0.1, -0.05) is 41.9 Å². The summed E-state index contributed by atoms with van der Waals surface area (Å²) in [4.78, 5) is 4.59. The second-order valence-electron chi connectivity index (χ2n) is 5.52. The zero-order valence-electron chi connectivity index (χ0n) is 12.8. The van der Waals surface area contributed by atoms with E-state index in [0.29, 0.717) is 10.7 Å². The molecular formula is C18H20ClN3O. The van der Waals surface area contributed by atoms with Crippen molar-refractivity contribution in [2.24, 2.45) is 0 Å². The number of hydrogen-bond donors (Lipinski definition) is 2. The fraction of sp³-hybridized carbons (Fsp3) is 0.222. The first-order chi connectivity index (χ1) is 11.3. The normalized spacial score (nSPS) is 15.7. The van der Waals surface area contributed by atoms with Crippen molar-refractivity contribution in [2.45, 2.75) is 0 Å². The molecule has 1 heterocycles. The Balaban J connectivity index is 1.65. The zero-order chi connectivity index (χ0) is 16.1. The van der Waals surface area contributed by atoms with Gasteiger partial charge in [-0.2, -0.15) is 0 Å². The molecule has 2 aromatic rings. The van der Waals surface area contributed by atoms with Crippen LogP contribution in [0.5, 0.6) is 0 Å². The van der Waals surface area contributed by atoms with Gasteiger partial charge in [-0.05, 0) is 24.3 Å². The molecule has 0 unspecified atom stereocenters. The maximum absolute atomic E-state index is 9.42. The minimum absolute atomic E-state index is 0.676. The average Bonchev–Trinajstić information content (AvgIpc) is 2.62. The van der Waals surface area contributed by atoms with Gasteiger partial charge >= 0.3 is 0 Å². The molecule has 0 radical (unpaired) electrons. The molecule has 2 N–H and O–H groups in total. The van der Waals surface area contributed by atoms with E-state index < -0.39 is 0 Å². The lowest BCUT2D eigenvalue weighted by molar-refractivity contribution is 0.221. The minimum atomic E-state index is 0.676. The highest BCUT2D eigenvalue weighted by molar-refractivity contribution is 6.30. The molecule has 0 aromatic heterocycles. The average molecular weight is 330 g/mol. The number of nitrogens with one attached hydrogen (secondary N) is 1. The summed E-state index contributed by atoms with van der Waals surface area (Å²) >= 11 is 5.91. The van der Waals surface area contributed by atoms with Gasteiger partial charge in [0.2, 0.25) is 0 Å². The molecule has 0 aliphatic carbocycles. The Bertz CT molecular complexity index is 650. The van der Waals surface area contributed by atoms with Crippen LogP contribution in [-0.4, -0.2) is 36.3 Å². The van der Waals surface area contributed by atoms with Gasteiger partial charge in [0.15, 0.2) is 0 Å². The van der Waals surface area contributed by atoms with E-state index in [1.807, 2.05) is 36.5 Å². The summed E-state index contributed by atoms with van der Waals surface area (Å²) in [5, 5.41) is 10.1. The number of anilines is 1. The Morgan fingerprint density at radius 1 is 0.957 bits per heavy atom. The molecule has 1 aliphatic heterocycles. The van der Waals surface area contributed by atoms with E-state index in [4.69, 9.17) is 11.6 Å². The summed E-state index contributed by atoms with van der Waals surface area (Å²) in [5.41, 5.74) is 5.13. The van der Waals surface area contributed by atoms with Crippen LogP contribution in [0.2, 0.25) is 5.02 Å². The summed E-state index contributed by atoms with van der Waals surface area (Å²) in [6.07, 6.45) is 1.96. The summed E-state index contributed by atoms with van der Waals surface area (Å²) in [7, 11) is 0. The van der Waals surface area contributed by atoms with Crippen LogP contribution in [0.3, 0.4) is 0 Å². The minimum Gasteiger partial charge on any atom is -0.372 e. The van der Waals surface area contributed by atoms with Crippen molar-refractivity contribution in [2.75, 3.05) is 31.1 Å². The fourth-order valence-corrected chi connectivity index (χ4v) is 2.85. The molecule has 1 aliphatic rings. The SMILES string of the molecule is ONC(=CN1CCN(c2ccccc2)CC1)c1ccc(Cl)cc1. The van der Waals surface area contributed by atoms with E-state index in [9.17, 15) is 5.21 Å². The highest BCUT2D eigenvalue weighted by atomic mass is 35.5. The van der Waals surface area contributed by atoms with Crippen LogP contribution in [0.25, 0.3) is 5.70 Å². The van der Waals surface area contributed by atoms with Gasteiger partial charge in [0.1, 0.15) is 0 Å². The molecule has 1 saturated heterocycles. The van der Waals surface area contributed by atoms with E-state index >= 15 is 0 Å². The molecule has 0 spiro atoms. The molecular weight excluding hydrogens is 310 g/mol. The lowest BCUT2D eigenvalue weighted by Gasteiger charge is -2.36. The van der Waals surface area contributed by atoms with Gasteiger partial charge in [0.05, 0.1) is 5.70 Å². The monoisotopic (exact) mass is 329 g/mol. The number of benzene rings is 2. The van der Waals surface area contributed by atoms with Gasteiger partial charge < -0.3 is 9.80 Å². The number of hydrogen-bond acceptors (Lipinski definition) is 4. The van der Waals surface area contributed by atoms with Gasteiger partial charge in [0.25, 0.3) is 0 Å². The van der Waals surface area contributed by atoms with Crippen LogP contribution < -0.4 is 10.4 Å². The molecule has 120 valence electrons. The largest absolute Gasteiger partial charge is 0.372 e. The summed E-state index contributed by atoms with van der Waals surface area (Å²) < 4.78 is 0. The number of halogens is 1. The second-order valence-corrected chi connectivity index (χ2v) is 5.96. The van der Waals surface area contributed by atoms with Crippen molar-refractivity contribution in [3.8, 4) is 0 Å². The molecule has 23 heavy (non-hydrogen) atoms. The Kier molecular flexibility index (Phi) is 5.05. The van der Waals surface area contributed by atoms with Crippen LogP contribution in [0, 0.1) is 0 Å². The van der Waals surface area contributed by atoms with E-state index in [2.05, 4.69) is 39.5 Å². The van der Waals surface area contributed by atoms with Crippen molar-refractivity contribution >= 4 is 23.0 Å². The maximum Gasteiger partial charge on any atom is 0.0832 e. The summed E-state index contributed by atoms with van der Waals surface area (Å²) in [6.45, 7) is 3.74. The van der Waals surface area contributed by atoms with Gasteiger partial charge in [-0.3, -0.25) is 10.7 Å². The zero-order valence-corrected chi connectivity index (χ0v) is 13.6. The summed E-state index contributed by atoms with van der Waals surface area (Å²) in [5.74, 6) is 0. The van der Waals surface area contributed by atoms with Gasteiger partial charge in [-0.25, -0.2) is 0 Å². The molecule has 4 nitrogen and oxygen atoms in total. The number of rotatable bonds is 4. The molecule has 3 rings (SSSR count). The Morgan fingerprint density at radius 2 is 1.61 bits per heavy atom. The van der Waals surface area contributed by atoms with E-state index in [-0.39, 0.29) is 0 Å². The third kappa shape index (κ3) is 3.97. The van der Waals surface area contributed by atoms with Crippen molar-refractivity contribution in [3.63, 3.8) is 0 Å². The van der Waals surface area contributed by atoms with Crippen LogP contribution in [-0.2, 0) is 0 Å². The number of nitrogens with zero attached hydrogens (tertiary/aromatic N) is 2. The quantitative estimate of drug-likeness (QED) is 0.843. The highest BCUT2D eigenvalue weighted by Crippen LogP contribution is 2.19. The first-order valence-corrected chi connectivity index (χ1v) is 8.06. The predicted octanol–water partition coefficient (Wildman–Crippen LogP) is 3.44. The van der Waals surface area contributed by atoms with Gasteiger partial charge in [0, 0.05) is 48.7 Å². The first-order valence-electron chi connectivity index (χ1n) is 7.68. The molecule has 0 bridgehead atoms. The number of para-hydroxylation sites is 1. The van der Waals surface area contributed by atoms with Crippen LogP contribution in [0.1, 0.15) is 5.56 Å². The molecule has 0 atom stereocenters. The van der Waals surface area contributed by atoms with Gasteiger partial charge in [-0.15, -0.1) is 0 Å². The van der Waals surface area contributed by atoms with Crippen molar-refractivity contribution < 1.29 is 5.21 Å². The predicted molar refractivity (Wildman–Crippen MR) is 94.6 cm³/mol. The molecule has 0 amide bonds. The van der Waals surface area contributed by atoms with E-state index in [1.165, 1.54) is 5.69 Å². The smallest absolute Gasteiger partial charge is 0.0832 e. The molecule has 0 saturated carbocycles. The van der Waals surface area contributed by atoms with Crippen LogP contribution in [0.4, 0.5) is 5.69 Å². The lowest BCUT2D eigenvalue weighted by Crippen LogP contribution is -2.44. The van der Waals surface area contributed by atoms with Crippen molar-refractivity contribution in [1.82, 2.24) is 10.4 Å². The molecule has 1 fully saturated rings. The fourth-order valence-electron chi connectivity index (χ4n) is 2.73. The molecule has 2 aromatic carbocycles. The summed E-state index contributed by atoms with van der Waals surface area (Å²) in [6, 6.07) is 17.8. The standard InChI is InChI=1S/C18H20ClN3O/c19-16-8-6-15(7-9-16)18(20-23)14-21-10-12-22(13-11-21)17-4-2-1-3-5-17/h1-9,14,20,23H,10-13H2. The third-order valence-corrected chi connectivity index (χ3v) is 4.27. The Hall–Kier alpha value is -2.17. The highest BCUT2D eigenvalue weighted by Gasteiger charge is 2.15. The van der Waals surface area contributed by atoms with Crippen molar-refractivity contribution in [3.05, 3.63) is 71.4 Å². The van der Waals surface area contributed by atoms with E-state index in [1.54, 1.807) is 0 Å². The van der Waals surface area contributed by atoms with Crippen LogP contribution >= 0.6 is 11.6 Å². The topological polar surface area (TPSA) is 38.7 Å². The second kappa shape index (κ2) is 7.40. The first kappa shape index (κ1) is 15.7. The molecule has 5 heteroatoms. The maximum atomic E-state index is 9.42. The Labute approximate surface area is 141 Å². The number of hydroxylamine groups is 1. The lowest BCUT2D eigenvalue weighted by atomic mass is 10.1. The number of piperazine rings is 1. The van der Waals surface area contributed by atoms with Crippen LogP contribution in [0.15, 0.2) is 60.8 Å². The third-order valence-electron chi connectivity index (χ3n) is 4.02.